The maximum Gasteiger partial charge on any atom is 0.302 e. The van der Waals surface area contributed by atoms with E-state index in [4.69, 9.17) is 33.5 Å². The van der Waals surface area contributed by atoms with E-state index in [9.17, 15) is 14.7 Å². The van der Waals surface area contributed by atoms with E-state index in [1.807, 2.05) is 6.20 Å². The number of rotatable bonds is 15. The number of nitrogens with two attached hydrogens (primary N) is 3. The van der Waals surface area contributed by atoms with E-state index in [0.717, 1.165) is 44.6 Å². The van der Waals surface area contributed by atoms with Crippen LogP contribution in [0.1, 0.15) is 46.6 Å². The van der Waals surface area contributed by atoms with Crippen molar-refractivity contribution in [2.45, 2.75) is 51.2 Å². The minimum absolute atomic E-state index is 0.0188. The molecule has 17 heteroatoms. The number of nitrogens with zero attached hydrogens (tertiary/aromatic N) is 8. The number of aliphatic imine (C=N–C) groups is 1. The summed E-state index contributed by atoms with van der Waals surface area (Å²) < 4.78 is 6.85. The fraction of sp³-hybridized carbons (Fsp3) is 0.500. The Morgan fingerprint density at radius 1 is 1.11 bits per heavy atom. The topological polar surface area (TPSA) is 229 Å². The van der Waals surface area contributed by atoms with Crippen molar-refractivity contribution in [1.82, 2.24) is 40.1 Å². The first-order valence-corrected chi connectivity index (χ1v) is 15.8. The fourth-order valence-electron chi connectivity index (χ4n) is 5.19. The summed E-state index contributed by atoms with van der Waals surface area (Å²) in [7, 11) is 1.58. The fourth-order valence-corrected chi connectivity index (χ4v) is 5.32. The van der Waals surface area contributed by atoms with Gasteiger partial charge in [-0.3, -0.25) is 19.2 Å². The highest BCUT2D eigenvalue weighted by Crippen LogP contribution is 2.18. The Hall–Kier alpha value is -4.38. The average molecular weight is 671 g/mol. The highest BCUT2D eigenvalue weighted by atomic mass is 35.5. The van der Waals surface area contributed by atoms with Gasteiger partial charge in [0, 0.05) is 71.5 Å². The molecule has 1 aromatic carbocycles. The van der Waals surface area contributed by atoms with Crippen molar-refractivity contribution in [3.05, 3.63) is 58.1 Å². The van der Waals surface area contributed by atoms with Gasteiger partial charge in [0.25, 0.3) is 0 Å². The number of carbonyl (C=O) groups is 2. The van der Waals surface area contributed by atoms with Crippen LogP contribution in [0, 0.1) is 0 Å². The number of guanidine groups is 1. The van der Waals surface area contributed by atoms with Crippen LogP contribution in [0.5, 0.6) is 0 Å². The van der Waals surface area contributed by atoms with Crippen molar-refractivity contribution in [3.63, 3.8) is 0 Å². The Labute approximate surface area is 278 Å². The number of methoxy groups -OCH3 is 1. The first kappa shape index (κ1) is 35.5. The predicted molar refractivity (Wildman–Crippen MR) is 177 cm³/mol. The molecule has 8 N–H and O–H groups in total. The molecule has 0 saturated carbocycles. The Kier molecular flexibility index (Phi) is 13.2. The number of benzene rings is 1. The van der Waals surface area contributed by atoms with E-state index in [-0.39, 0.29) is 53.5 Å². The number of likely N-dealkylation sites (tertiary alicyclic amines) is 1. The van der Waals surface area contributed by atoms with Gasteiger partial charge in [0.15, 0.2) is 28.4 Å². The summed E-state index contributed by atoms with van der Waals surface area (Å²) in [6.45, 7) is 4.31. The number of anilines is 2. The summed E-state index contributed by atoms with van der Waals surface area (Å²) in [4.78, 5) is 40.4. The number of aliphatic hydroxyl groups excluding tert-OH is 1. The highest BCUT2D eigenvalue weighted by molar-refractivity contribution is 6.31. The van der Waals surface area contributed by atoms with E-state index in [2.05, 4.69) is 59.8 Å². The normalized spacial score (nSPS) is 14.3. The molecule has 0 unspecified atom stereocenters. The zero-order valence-corrected chi connectivity index (χ0v) is 27.3. The Bertz CT molecular complexity index is 1510. The largest absolute Gasteiger partial charge is 0.395 e. The SMILES string of the molecule is COCCN(CCO)C(=O)CCc1cn(CCc2ccc(CN3CCC(N/C(N)=N/C(=O)c4nc(Cl)c(N)nc4N)CC3)cc2)nn1. The molecule has 2 amide bonds. The van der Waals surface area contributed by atoms with E-state index in [1.165, 1.54) is 11.1 Å². The Balaban J connectivity index is 1.16. The maximum absolute atomic E-state index is 12.5. The first-order chi connectivity index (χ1) is 22.6. The van der Waals surface area contributed by atoms with Crippen LogP contribution in [0.2, 0.25) is 5.15 Å². The van der Waals surface area contributed by atoms with Crippen LogP contribution < -0.4 is 22.5 Å². The number of aromatic nitrogens is 5. The molecule has 16 nitrogen and oxygen atoms in total. The molecule has 47 heavy (non-hydrogen) atoms. The summed E-state index contributed by atoms with van der Waals surface area (Å²) >= 11 is 5.85. The number of aryl methyl sites for hydroxylation is 3. The van der Waals surface area contributed by atoms with Crippen molar-refractivity contribution in [3.8, 4) is 0 Å². The van der Waals surface area contributed by atoms with Crippen molar-refractivity contribution < 1.29 is 19.4 Å². The molecule has 1 aliphatic heterocycles. The molecule has 1 fully saturated rings. The standard InChI is InChI=1S/C30H43ClN12O4/c1-47-17-15-42(14-16-44)24(45)7-6-23-19-43(40-39-23)13-8-20-2-4-21(5-3-20)18-41-11-9-22(10-12-41)35-30(34)38-29(46)25-27(32)37-28(33)26(31)36-25/h2-5,19,22,44H,6-18H2,1H3,(H4,32,33,37)(H3,34,35,38,46). The third kappa shape index (κ3) is 10.8. The van der Waals surface area contributed by atoms with Crippen LogP contribution >= 0.6 is 11.6 Å². The Morgan fingerprint density at radius 3 is 2.53 bits per heavy atom. The number of carbonyl (C=O) groups excluding carboxylic acids is 2. The zero-order valence-electron chi connectivity index (χ0n) is 26.5. The summed E-state index contributed by atoms with van der Waals surface area (Å²) in [5.74, 6) is -1.05. The molecule has 254 valence electrons. The van der Waals surface area contributed by atoms with Gasteiger partial charge in [0.05, 0.1) is 18.9 Å². The lowest BCUT2D eigenvalue weighted by Crippen LogP contribution is -2.47. The minimum atomic E-state index is -0.751. The number of nitrogens with one attached hydrogen (secondary N) is 1. The number of hydrogen-bond donors (Lipinski definition) is 5. The monoisotopic (exact) mass is 670 g/mol. The molecule has 4 rings (SSSR count). The zero-order chi connectivity index (χ0) is 33.8. The van der Waals surface area contributed by atoms with Gasteiger partial charge in [0.2, 0.25) is 5.91 Å². The van der Waals surface area contributed by atoms with Crippen molar-refractivity contribution in [2.24, 2.45) is 10.7 Å². The van der Waals surface area contributed by atoms with Crippen molar-refractivity contribution in [1.29, 1.82) is 0 Å². The number of nitrogen functional groups attached to an aromatic ring is 2. The van der Waals surface area contributed by atoms with Gasteiger partial charge in [-0.05, 0) is 30.4 Å². The number of piperidine rings is 1. The number of ether oxygens (including phenoxy) is 1. The third-order valence-electron chi connectivity index (χ3n) is 7.80. The molecule has 1 saturated heterocycles. The minimum Gasteiger partial charge on any atom is -0.395 e. The van der Waals surface area contributed by atoms with Crippen LogP contribution in [0.15, 0.2) is 35.5 Å². The van der Waals surface area contributed by atoms with Gasteiger partial charge in [-0.1, -0.05) is 41.1 Å². The van der Waals surface area contributed by atoms with Gasteiger partial charge in [-0.25, -0.2) is 9.97 Å². The lowest BCUT2D eigenvalue weighted by Gasteiger charge is -2.32. The van der Waals surface area contributed by atoms with Crippen LogP contribution in [0.25, 0.3) is 0 Å². The number of hydrogen-bond acceptors (Lipinski definition) is 11. The second-order valence-electron chi connectivity index (χ2n) is 11.3. The molecule has 0 bridgehead atoms. The number of amides is 2. The summed E-state index contributed by atoms with van der Waals surface area (Å²) in [5, 5.41) is 20.6. The molecule has 0 spiro atoms. The highest BCUT2D eigenvalue weighted by Gasteiger charge is 2.21. The van der Waals surface area contributed by atoms with E-state index in [0.29, 0.717) is 32.5 Å². The van der Waals surface area contributed by atoms with E-state index in [1.54, 1.807) is 16.7 Å². The molecule has 0 radical (unpaired) electrons. The molecule has 2 aromatic heterocycles. The second kappa shape index (κ2) is 17.5. The molecule has 3 aromatic rings. The summed E-state index contributed by atoms with van der Waals surface area (Å²) in [6.07, 6.45) is 5.14. The average Bonchev–Trinajstić information content (AvgIpc) is 3.52. The summed E-state index contributed by atoms with van der Waals surface area (Å²) in [6, 6.07) is 8.64. The quantitative estimate of drug-likeness (QED) is 0.108. The van der Waals surface area contributed by atoms with Gasteiger partial charge < -0.3 is 37.3 Å². The first-order valence-electron chi connectivity index (χ1n) is 15.5. The Morgan fingerprint density at radius 2 is 1.83 bits per heavy atom. The van der Waals surface area contributed by atoms with Gasteiger partial charge in [-0.15, -0.1) is 5.10 Å². The smallest absolute Gasteiger partial charge is 0.302 e. The lowest BCUT2D eigenvalue weighted by atomic mass is 10.0. The van der Waals surface area contributed by atoms with Gasteiger partial charge >= 0.3 is 5.91 Å². The molecule has 3 heterocycles. The number of halogens is 1. The lowest BCUT2D eigenvalue weighted by molar-refractivity contribution is -0.132. The molecular formula is C30H43ClN12O4. The van der Waals surface area contributed by atoms with E-state index < -0.39 is 5.91 Å². The van der Waals surface area contributed by atoms with Gasteiger partial charge in [0.1, 0.15) is 0 Å². The van der Waals surface area contributed by atoms with Crippen LogP contribution in [-0.4, -0.2) is 110 Å². The van der Waals surface area contributed by atoms with Crippen LogP contribution in [-0.2, 0) is 35.5 Å². The van der Waals surface area contributed by atoms with Crippen LogP contribution in [0.4, 0.5) is 11.6 Å². The number of aliphatic hydroxyl groups is 1. The van der Waals surface area contributed by atoms with Gasteiger partial charge in [-0.2, -0.15) is 4.99 Å². The predicted octanol–water partition coefficient (Wildman–Crippen LogP) is 0.238. The van der Waals surface area contributed by atoms with E-state index >= 15 is 0 Å². The van der Waals surface area contributed by atoms with Crippen LogP contribution in [0.3, 0.4) is 0 Å². The van der Waals surface area contributed by atoms with Crippen molar-refractivity contribution >= 4 is 41.0 Å². The maximum atomic E-state index is 12.5. The summed E-state index contributed by atoms with van der Waals surface area (Å²) in [5.41, 5.74) is 20.2. The van der Waals surface area contributed by atoms with Crippen molar-refractivity contribution in [2.75, 3.05) is 58.0 Å². The third-order valence-corrected chi connectivity index (χ3v) is 8.07. The molecule has 1 aliphatic rings. The molecular weight excluding hydrogens is 628 g/mol. The molecule has 0 atom stereocenters. The molecule has 0 aliphatic carbocycles. The second-order valence-corrected chi connectivity index (χ2v) is 11.6.